The number of unbranched alkanes of at least 4 members (excludes halogenated alkanes) is 1. The van der Waals surface area contributed by atoms with Gasteiger partial charge < -0.3 is 4.90 Å². The van der Waals surface area contributed by atoms with Gasteiger partial charge in [0, 0.05) is 4.90 Å². The summed E-state index contributed by atoms with van der Waals surface area (Å²) in [6.07, 6.45) is 6.98. The van der Waals surface area contributed by atoms with Crippen molar-refractivity contribution >= 4 is 11.8 Å². The highest BCUT2D eigenvalue weighted by Gasteiger charge is 2.08. The standard InChI is InChI=1S/C15H23NS/c1-3-9-15(10-4-1)17-14-8-7-13-16-11-5-2-6-12-16/h1,3-4,9-10H,2,5-8,11-14H2. The lowest BCUT2D eigenvalue weighted by molar-refractivity contribution is 0.226. The summed E-state index contributed by atoms with van der Waals surface area (Å²) < 4.78 is 0. The fourth-order valence-electron chi connectivity index (χ4n) is 2.33. The van der Waals surface area contributed by atoms with Crippen LogP contribution >= 0.6 is 11.8 Å². The molecule has 94 valence electrons. The van der Waals surface area contributed by atoms with E-state index >= 15 is 0 Å². The molecule has 1 aromatic rings. The first-order chi connectivity index (χ1) is 8.45. The maximum atomic E-state index is 2.64. The van der Waals surface area contributed by atoms with Crippen LogP contribution in [-0.4, -0.2) is 30.3 Å². The lowest BCUT2D eigenvalue weighted by atomic mass is 10.1. The normalized spacial score (nSPS) is 17.2. The quantitative estimate of drug-likeness (QED) is 0.553. The van der Waals surface area contributed by atoms with Gasteiger partial charge in [-0.15, -0.1) is 11.8 Å². The summed E-state index contributed by atoms with van der Waals surface area (Å²) in [4.78, 5) is 4.04. The van der Waals surface area contributed by atoms with Crippen LogP contribution < -0.4 is 0 Å². The monoisotopic (exact) mass is 249 g/mol. The largest absolute Gasteiger partial charge is 0.303 e. The van der Waals surface area contributed by atoms with E-state index in [1.165, 1.54) is 62.4 Å². The molecular formula is C15H23NS. The third-order valence-electron chi connectivity index (χ3n) is 3.33. The van der Waals surface area contributed by atoms with Crippen LogP contribution in [0.2, 0.25) is 0 Å². The highest BCUT2D eigenvalue weighted by Crippen LogP contribution is 2.18. The zero-order valence-electron chi connectivity index (χ0n) is 10.6. The first-order valence-corrected chi connectivity index (χ1v) is 7.84. The zero-order valence-corrected chi connectivity index (χ0v) is 11.4. The van der Waals surface area contributed by atoms with E-state index in [0.717, 1.165) is 0 Å². The first kappa shape index (κ1) is 13.0. The van der Waals surface area contributed by atoms with Gasteiger partial charge in [0.15, 0.2) is 0 Å². The van der Waals surface area contributed by atoms with Crippen LogP contribution in [0.3, 0.4) is 0 Å². The SMILES string of the molecule is c1ccc(SCCCCN2CCCCC2)cc1. The van der Waals surface area contributed by atoms with Crippen LogP contribution in [0, 0.1) is 0 Å². The third kappa shape index (κ3) is 5.13. The van der Waals surface area contributed by atoms with Gasteiger partial charge in [-0.3, -0.25) is 0 Å². The molecule has 0 N–H and O–H groups in total. The van der Waals surface area contributed by atoms with Crippen LogP contribution in [0.1, 0.15) is 32.1 Å². The third-order valence-corrected chi connectivity index (χ3v) is 4.43. The molecule has 1 aromatic carbocycles. The molecule has 0 radical (unpaired) electrons. The molecule has 1 fully saturated rings. The molecule has 1 nitrogen and oxygen atoms in total. The van der Waals surface area contributed by atoms with E-state index in [9.17, 15) is 0 Å². The van der Waals surface area contributed by atoms with E-state index in [0.29, 0.717) is 0 Å². The van der Waals surface area contributed by atoms with E-state index in [2.05, 4.69) is 35.2 Å². The molecule has 1 saturated heterocycles. The van der Waals surface area contributed by atoms with Gasteiger partial charge in [0.2, 0.25) is 0 Å². The van der Waals surface area contributed by atoms with E-state index in [1.54, 1.807) is 0 Å². The number of thioether (sulfide) groups is 1. The van der Waals surface area contributed by atoms with Crippen LogP contribution in [0.5, 0.6) is 0 Å². The van der Waals surface area contributed by atoms with Gasteiger partial charge in [-0.1, -0.05) is 24.6 Å². The Balaban J connectivity index is 1.51. The molecule has 1 aliphatic rings. The van der Waals surface area contributed by atoms with E-state index < -0.39 is 0 Å². The number of rotatable bonds is 6. The molecule has 2 heteroatoms. The van der Waals surface area contributed by atoms with Crippen molar-refractivity contribution in [2.75, 3.05) is 25.4 Å². The summed E-state index contributed by atoms with van der Waals surface area (Å²) >= 11 is 1.99. The highest BCUT2D eigenvalue weighted by molar-refractivity contribution is 7.99. The molecule has 17 heavy (non-hydrogen) atoms. The smallest absolute Gasteiger partial charge is 0.00719 e. The predicted molar refractivity (Wildman–Crippen MR) is 76.7 cm³/mol. The van der Waals surface area contributed by atoms with Gasteiger partial charge in [-0.25, -0.2) is 0 Å². The summed E-state index contributed by atoms with van der Waals surface area (Å²) in [5.41, 5.74) is 0. The van der Waals surface area contributed by atoms with Crippen molar-refractivity contribution < 1.29 is 0 Å². The Morgan fingerprint density at radius 1 is 0.941 bits per heavy atom. The molecule has 1 heterocycles. The number of likely N-dealkylation sites (tertiary alicyclic amines) is 1. The average Bonchev–Trinajstić information content (AvgIpc) is 2.41. The fraction of sp³-hybridized carbons (Fsp3) is 0.600. The maximum absolute atomic E-state index is 2.64. The molecular weight excluding hydrogens is 226 g/mol. The number of nitrogens with zero attached hydrogens (tertiary/aromatic N) is 1. The van der Waals surface area contributed by atoms with Crippen molar-refractivity contribution in [1.82, 2.24) is 4.90 Å². The molecule has 0 spiro atoms. The van der Waals surface area contributed by atoms with E-state index in [1.807, 2.05) is 11.8 Å². The summed E-state index contributed by atoms with van der Waals surface area (Å²) in [5, 5.41) is 0. The molecule has 0 unspecified atom stereocenters. The number of hydrogen-bond acceptors (Lipinski definition) is 2. The Morgan fingerprint density at radius 2 is 1.71 bits per heavy atom. The molecule has 0 aliphatic carbocycles. The maximum Gasteiger partial charge on any atom is 0.00719 e. The Kier molecular flexibility index (Phi) is 5.94. The highest BCUT2D eigenvalue weighted by atomic mass is 32.2. The Morgan fingerprint density at radius 3 is 2.47 bits per heavy atom. The molecule has 0 amide bonds. The van der Waals surface area contributed by atoms with Crippen molar-refractivity contribution in [3.63, 3.8) is 0 Å². The van der Waals surface area contributed by atoms with E-state index in [-0.39, 0.29) is 0 Å². The minimum absolute atomic E-state index is 1.26. The molecule has 2 rings (SSSR count). The second-order valence-electron chi connectivity index (χ2n) is 4.77. The Bertz CT molecular complexity index is 293. The number of piperidine rings is 1. The van der Waals surface area contributed by atoms with E-state index in [4.69, 9.17) is 0 Å². The van der Waals surface area contributed by atoms with Gasteiger partial charge in [-0.2, -0.15) is 0 Å². The lowest BCUT2D eigenvalue weighted by Gasteiger charge is -2.26. The van der Waals surface area contributed by atoms with Gasteiger partial charge >= 0.3 is 0 Å². The summed E-state index contributed by atoms with van der Waals surface area (Å²) in [6, 6.07) is 10.7. The summed E-state index contributed by atoms with van der Waals surface area (Å²) in [5.74, 6) is 1.26. The minimum atomic E-state index is 1.26. The van der Waals surface area contributed by atoms with Gasteiger partial charge in [-0.05, 0) is 63.2 Å². The van der Waals surface area contributed by atoms with Crippen molar-refractivity contribution in [1.29, 1.82) is 0 Å². The topological polar surface area (TPSA) is 3.24 Å². The predicted octanol–water partition coefficient (Wildman–Crippen LogP) is 4.04. The van der Waals surface area contributed by atoms with Crippen LogP contribution in [0.15, 0.2) is 35.2 Å². The first-order valence-electron chi connectivity index (χ1n) is 6.85. The number of benzene rings is 1. The second kappa shape index (κ2) is 7.78. The van der Waals surface area contributed by atoms with Crippen molar-refractivity contribution in [2.24, 2.45) is 0 Å². The van der Waals surface area contributed by atoms with Crippen LogP contribution in [0.25, 0.3) is 0 Å². The lowest BCUT2D eigenvalue weighted by Crippen LogP contribution is -2.30. The summed E-state index contributed by atoms with van der Waals surface area (Å²) in [6.45, 7) is 3.99. The number of hydrogen-bond donors (Lipinski definition) is 0. The zero-order chi connectivity index (χ0) is 11.8. The van der Waals surface area contributed by atoms with Crippen molar-refractivity contribution in [3.05, 3.63) is 30.3 Å². The average molecular weight is 249 g/mol. The minimum Gasteiger partial charge on any atom is -0.303 e. The molecule has 1 aliphatic heterocycles. The molecule has 0 aromatic heterocycles. The van der Waals surface area contributed by atoms with Gasteiger partial charge in [0.05, 0.1) is 0 Å². The second-order valence-corrected chi connectivity index (χ2v) is 5.94. The van der Waals surface area contributed by atoms with Crippen LogP contribution in [-0.2, 0) is 0 Å². The Hall–Kier alpha value is -0.470. The van der Waals surface area contributed by atoms with Crippen LogP contribution in [0.4, 0.5) is 0 Å². The van der Waals surface area contributed by atoms with Crippen molar-refractivity contribution in [3.8, 4) is 0 Å². The molecule has 0 atom stereocenters. The Labute approximate surface area is 110 Å². The van der Waals surface area contributed by atoms with Gasteiger partial charge in [0.25, 0.3) is 0 Å². The van der Waals surface area contributed by atoms with Gasteiger partial charge in [0.1, 0.15) is 0 Å². The fourth-order valence-corrected chi connectivity index (χ4v) is 3.26. The molecule has 0 bridgehead atoms. The molecule has 0 saturated carbocycles. The summed E-state index contributed by atoms with van der Waals surface area (Å²) in [7, 11) is 0. The van der Waals surface area contributed by atoms with Crippen molar-refractivity contribution in [2.45, 2.75) is 37.0 Å².